The number of methoxy groups -OCH3 is 1. The van der Waals surface area contributed by atoms with Crippen LogP contribution in [0.3, 0.4) is 0 Å². The molecular weight excluding hydrogens is 308 g/mol. The zero-order valence-electron chi connectivity index (χ0n) is 15.2. The number of rotatable bonds is 1. The summed E-state index contributed by atoms with van der Waals surface area (Å²) in [6, 6.07) is 8.58. The van der Waals surface area contributed by atoms with Gasteiger partial charge >= 0.3 is 0 Å². The monoisotopic (exact) mass is 336 g/mol. The molecule has 0 bridgehead atoms. The van der Waals surface area contributed by atoms with E-state index in [1.807, 2.05) is 6.07 Å². The Kier molecular flexibility index (Phi) is 4.91. The molecule has 0 unspecified atom stereocenters. The second-order valence-corrected chi connectivity index (χ2v) is 7.36. The summed E-state index contributed by atoms with van der Waals surface area (Å²) in [4.78, 5) is 8.66. The Bertz CT molecular complexity index is 865. The van der Waals surface area contributed by atoms with Gasteiger partial charge in [-0.1, -0.05) is 38.5 Å². The largest absolute Gasteiger partial charge is 0.497 e. The summed E-state index contributed by atoms with van der Waals surface area (Å²) >= 11 is 0. The van der Waals surface area contributed by atoms with E-state index in [0.717, 1.165) is 35.1 Å². The van der Waals surface area contributed by atoms with Gasteiger partial charge in [-0.3, -0.25) is 4.98 Å². The predicted molar refractivity (Wildman–Crippen MR) is 104 cm³/mol. The van der Waals surface area contributed by atoms with Gasteiger partial charge in [-0.2, -0.15) is 0 Å². The molecule has 0 spiro atoms. The van der Waals surface area contributed by atoms with Crippen molar-refractivity contribution in [3.8, 4) is 5.75 Å². The fraction of sp³-hybridized carbons (Fsp3) is 0.500. The number of aromatic amines is 1. The van der Waals surface area contributed by atoms with Crippen molar-refractivity contribution in [1.82, 2.24) is 9.97 Å². The molecule has 3 heteroatoms. The number of nitrogens with one attached hydrogen (secondary N) is 1. The number of pyridine rings is 1. The summed E-state index contributed by atoms with van der Waals surface area (Å²) in [5, 5.41) is 1.20. The van der Waals surface area contributed by atoms with E-state index in [4.69, 9.17) is 9.72 Å². The number of aromatic nitrogens is 2. The first-order valence-corrected chi connectivity index (χ1v) is 9.83. The molecule has 0 amide bonds. The lowest BCUT2D eigenvalue weighted by Crippen LogP contribution is -2.00. The maximum Gasteiger partial charge on any atom is 0.120 e. The van der Waals surface area contributed by atoms with Crippen molar-refractivity contribution in [2.75, 3.05) is 7.11 Å². The molecule has 2 heterocycles. The molecule has 0 radical (unpaired) electrons. The highest BCUT2D eigenvalue weighted by Gasteiger charge is 2.12. The standard InChI is InChI=1S/C22H28N2O/c1-25-17-12-13-18-20(15-17)23-21-14-16-10-8-6-4-2-3-5-7-9-11-19(16)24-22(18)21/h12-15,23H,2-11H2,1H3. The van der Waals surface area contributed by atoms with Crippen LogP contribution in [0.15, 0.2) is 24.3 Å². The van der Waals surface area contributed by atoms with E-state index in [9.17, 15) is 0 Å². The van der Waals surface area contributed by atoms with Gasteiger partial charge in [0.15, 0.2) is 0 Å². The van der Waals surface area contributed by atoms with Crippen LogP contribution in [0.2, 0.25) is 0 Å². The van der Waals surface area contributed by atoms with E-state index < -0.39 is 0 Å². The van der Waals surface area contributed by atoms with E-state index in [2.05, 4.69) is 23.2 Å². The fourth-order valence-electron chi connectivity index (χ4n) is 4.10. The van der Waals surface area contributed by atoms with Crippen molar-refractivity contribution in [3.05, 3.63) is 35.5 Å². The molecule has 0 atom stereocenters. The lowest BCUT2D eigenvalue weighted by Gasteiger charge is -2.11. The zero-order chi connectivity index (χ0) is 17.1. The van der Waals surface area contributed by atoms with Gasteiger partial charge in [0.25, 0.3) is 0 Å². The minimum atomic E-state index is 0.887. The SMILES string of the molecule is COc1ccc2c(c1)[nH]c1cc3c(nc12)CCCCCCCCCC3. The predicted octanol–water partition coefficient (Wildman–Crippen LogP) is 5.94. The lowest BCUT2D eigenvalue weighted by molar-refractivity contribution is 0.415. The second-order valence-electron chi connectivity index (χ2n) is 7.36. The first kappa shape index (κ1) is 16.4. The number of H-pyrrole nitrogens is 1. The molecule has 0 aliphatic heterocycles. The van der Waals surface area contributed by atoms with Crippen LogP contribution in [0, 0.1) is 0 Å². The van der Waals surface area contributed by atoms with Gasteiger partial charge in [0.2, 0.25) is 0 Å². The number of nitrogens with zero attached hydrogens (tertiary/aromatic N) is 1. The topological polar surface area (TPSA) is 37.9 Å². The summed E-state index contributed by atoms with van der Waals surface area (Å²) in [6.07, 6.45) is 13.1. The van der Waals surface area contributed by atoms with Crippen molar-refractivity contribution < 1.29 is 4.74 Å². The average molecular weight is 336 g/mol. The van der Waals surface area contributed by atoms with Crippen LogP contribution in [0.25, 0.3) is 21.9 Å². The van der Waals surface area contributed by atoms with Crippen LogP contribution < -0.4 is 4.74 Å². The highest BCUT2D eigenvalue weighted by molar-refractivity contribution is 6.05. The molecule has 25 heavy (non-hydrogen) atoms. The quantitative estimate of drug-likeness (QED) is 0.597. The Morgan fingerprint density at radius 2 is 1.56 bits per heavy atom. The van der Waals surface area contributed by atoms with Gasteiger partial charge in [-0.05, 0) is 49.4 Å². The van der Waals surface area contributed by atoms with Crippen molar-refractivity contribution in [1.29, 1.82) is 0 Å². The summed E-state index contributed by atoms with van der Waals surface area (Å²) in [7, 11) is 1.71. The Morgan fingerprint density at radius 1 is 0.840 bits per heavy atom. The lowest BCUT2D eigenvalue weighted by atomic mass is 9.98. The number of ether oxygens (including phenoxy) is 1. The van der Waals surface area contributed by atoms with E-state index in [1.165, 1.54) is 68.0 Å². The van der Waals surface area contributed by atoms with Crippen LogP contribution in [-0.4, -0.2) is 17.1 Å². The van der Waals surface area contributed by atoms with Gasteiger partial charge in [-0.25, -0.2) is 0 Å². The van der Waals surface area contributed by atoms with Crippen molar-refractivity contribution in [2.24, 2.45) is 0 Å². The molecule has 2 aromatic heterocycles. The third-order valence-electron chi connectivity index (χ3n) is 5.55. The van der Waals surface area contributed by atoms with E-state index in [-0.39, 0.29) is 0 Å². The van der Waals surface area contributed by atoms with Crippen LogP contribution in [0.4, 0.5) is 0 Å². The van der Waals surface area contributed by atoms with Crippen LogP contribution in [0.5, 0.6) is 5.75 Å². The highest BCUT2D eigenvalue weighted by atomic mass is 16.5. The minimum Gasteiger partial charge on any atom is -0.497 e. The van der Waals surface area contributed by atoms with Crippen LogP contribution >= 0.6 is 0 Å². The minimum absolute atomic E-state index is 0.887. The average Bonchev–Trinajstić information content (AvgIpc) is 2.97. The molecule has 1 aromatic carbocycles. The zero-order valence-corrected chi connectivity index (χ0v) is 15.2. The van der Waals surface area contributed by atoms with Gasteiger partial charge in [0.1, 0.15) is 5.75 Å². The highest BCUT2D eigenvalue weighted by Crippen LogP contribution is 2.29. The van der Waals surface area contributed by atoms with E-state index >= 15 is 0 Å². The number of benzene rings is 1. The van der Waals surface area contributed by atoms with Gasteiger partial charge < -0.3 is 9.72 Å². The van der Waals surface area contributed by atoms with Crippen molar-refractivity contribution in [2.45, 2.75) is 64.2 Å². The Labute approximate surface area is 149 Å². The molecule has 3 nitrogen and oxygen atoms in total. The molecule has 4 rings (SSSR count). The van der Waals surface area contributed by atoms with Gasteiger partial charge in [-0.15, -0.1) is 0 Å². The fourth-order valence-corrected chi connectivity index (χ4v) is 4.10. The third-order valence-corrected chi connectivity index (χ3v) is 5.55. The number of hydrogen-bond acceptors (Lipinski definition) is 2. The van der Waals surface area contributed by atoms with Crippen LogP contribution in [-0.2, 0) is 12.8 Å². The summed E-state index contributed by atoms with van der Waals surface area (Å²) < 4.78 is 5.36. The maximum atomic E-state index is 5.36. The number of fused-ring (bicyclic) bond motifs is 4. The van der Waals surface area contributed by atoms with Crippen molar-refractivity contribution in [3.63, 3.8) is 0 Å². The first-order valence-electron chi connectivity index (χ1n) is 9.83. The number of aryl methyl sites for hydroxylation is 2. The summed E-state index contributed by atoms with van der Waals surface area (Å²) in [6.45, 7) is 0. The van der Waals surface area contributed by atoms with Gasteiger partial charge in [0, 0.05) is 17.1 Å². The second kappa shape index (κ2) is 7.47. The van der Waals surface area contributed by atoms with E-state index in [0.29, 0.717) is 0 Å². The molecule has 1 N–H and O–H groups in total. The Hall–Kier alpha value is -2.03. The van der Waals surface area contributed by atoms with E-state index in [1.54, 1.807) is 7.11 Å². The molecule has 1 aliphatic rings. The molecule has 0 fully saturated rings. The molecule has 0 saturated heterocycles. The normalized spacial score (nSPS) is 17.0. The number of hydrogen-bond donors (Lipinski definition) is 1. The Balaban J connectivity index is 1.75. The molecule has 132 valence electrons. The smallest absolute Gasteiger partial charge is 0.120 e. The molecular formula is C22H28N2O. The van der Waals surface area contributed by atoms with Crippen LogP contribution in [0.1, 0.15) is 62.6 Å². The van der Waals surface area contributed by atoms with Crippen molar-refractivity contribution >= 4 is 21.9 Å². The molecule has 0 saturated carbocycles. The molecule has 3 aromatic rings. The Morgan fingerprint density at radius 3 is 2.32 bits per heavy atom. The summed E-state index contributed by atoms with van der Waals surface area (Å²) in [5.74, 6) is 0.887. The summed E-state index contributed by atoms with van der Waals surface area (Å²) in [5.41, 5.74) is 6.16. The van der Waals surface area contributed by atoms with Gasteiger partial charge in [0.05, 0.1) is 23.7 Å². The first-order chi connectivity index (χ1) is 12.3. The maximum absolute atomic E-state index is 5.36. The third kappa shape index (κ3) is 3.51. The molecule has 1 aliphatic carbocycles.